The topological polar surface area (TPSA) is 43.6 Å². The molecule has 2 aromatic heterocycles. The summed E-state index contributed by atoms with van der Waals surface area (Å²) in [5, 5.41) is 4.52. The van der Waals surface area contributed by atoms with Gasteiger partial charge in [0, 0.05) is 20.1 Å². The van der Waals surface area contributed by atoms with Crippen LogP contribution in [0, 0.1) is 19.9 Å². The third kappa shape index (κ3) is 3.55. The largest absolute Gasteiger partial charge is 0.265 e. The molecule has 0 fully saturated rings. The normalized spacial score (nSPS) is 10.8. The number of hydrogen-bond acceptors (Lipinski definition) is 4. The van der Waals surface area contributed by atoms with Crippen LogP contribution in [0.3, 0.4) is 0 Å². The molecule has 4 nitrogen and oxygen atoms in total. The van der Waals surface area contributed by atoms with E-state index in [-0.39, 0.29) is 20.1 Å². The van der Waals surface area contributed by atoms with Crippen molar-refractivity contribution in [1.29, 1.82) is 0 Å². The molecule has 1 radical (unpaired) electrons. The summed E-state index contributed by atoms with van der Waals surface area (Å²) >= 11 is 1.61. The van der Waals surface area contributed by atoms with Gasteiger partial charge in [-0.25, -0.2) is 0 Å². The van der Waals surface area contributed by atoms with Crippen molar-refractivity contribution >= 4 is 21.6 Å². The van der Waals surface area contributed by atoms with Gasteiger partial charge in [0.15, 0.2) is 0 Å². The van der Waals surface area contributed by atoms with E-state index in [9.17, 15) is 0 Å². The Hall–Kier alpha value is -2.66. The number of aryl methyl sites for hydroxylation is 2. The summed E-state index contributed by atoms with van der Waals surface area (Å²) in [5.41, 5.74) is 9.48. The monoisotopic (exact) mass is 574 g/mol. The van der Waals surface area contributed by atoms with E-state index in [0.717, 1.165) is 38.4 Å². The summed E-state index contributed by atoms with van der Waals surface area (Å²) in [4.78, 5) is 8.93. The molecule has 145 valence electrons. The van der Waals surface area contributed by atoms with E-state index in [2.05, 4.69) is 71.4 Å². The van der Waals surface area contributed by atoms with E-state index in [4.69, 9.17) is 0 Å². The molecule has 6 heteroatoms. The molecule has 3 aromatic carbocycles. The van der Waals surface area contributed by atoms with Gasteiger partial charge in [-0.15, -0.1) is 23.8 Å². The molecule has 0 bridgehead atoms. The fourth-order valence-corrected chi connectivity index (χ4v) is 4.25. The fourth-order valence-electron chi connectivity index (χ4n) is 3.61. The quantitative estimate of drug-likeness (QED) is 0.263. The minimum atomic E-state index is 0. The van der Waals surface area contributed by atoms with Crippen LogP contribution in [-0.2, 0) is 20.1 Å². The number of hydrogen-bond donors (Lipinski definition) is 0. The molecular formula is C23H17IrN4S-. The van der Waals surface area contributed by atoms with Crippen LogP contribution in [-0.4, -0.2) is 19.7 Å². The zero-order valence-electron chi connectivity index (χ0n) is 15.9. The van der Waals surface area contributed by atoms with Crippen molar-refractivity contribution in [3.63, 3.8) is 0 Å². The molecule has 29 heavy (non-hydrogen) atoms. The Balaban J connectivity index is 0.00000205. The van der Waals surface area contributed by atoms with Gasteiger partial charge >= 0.3 is 0 Å². The number of rotatable bonds is 3. The summed E-state index contributed by atoms with van der Waals surface area (Å²) in [6.45, 7) is 4.24. The van der Waals surface area contributed by atoms with Gasteiger partial charge in [-0.2, -0.15) is 16.4 Å². The average Bonchev–Trinajstić information content (AvgIpc) is 3.37. The Kier molecular flexibility index (Phi) is 5.41. The van der Waals surface area contributed by atoms with Crippen LogP contribution in [0.4, 0.5) is 0 Å². The fraction of sp³-hybridized carbons (Fsp3) is 0.0870. The van der Waals surface area contributed by atoms with Crippen molar-refractivity contribution in [3.05, 3.63) is 83.6 Å². The molecule has 0 amide bonds. The van der Waals surface area contributed by atoms with E-state index in [1.165, 1.54) is 11.1 Å². The maximum absolute atomic E-state index is 4.52. The summed E-state index contributed by atoms with van der Waals surface area (Å²) in [7, 11) is 0. The third-order valence-electron chi connectivity index (χ3n) is 4.86. The molecular weight excluding hydrogens is 557 g/mol. The third-order valence-corrected chi connectivity index (χ3v) is 5.65. The maximum atomic E-state index is 4.52. The second-order valence-electron chi connectivity index (χ2n) is 6.77. The summed E-state index contributed by atoms with van der Waals surface area (Å²) in [6, 6.07) is 22.2. The van der Waals surface area contributed by atoms with Gasteiger partial charge < -0.3 is 0 Å². The standard InChI is InChI=1S/C23H17N4S.Ir/c1-15-10-19(17-6-4-3-5-7-17)11-16(2)22(15)27-23(24-13-26-27)18-8-9-21-20(12-18)25-14-28-21;/h3-7,9-14H,1-2H3;/q-1;. The van der Waals surface area contributed by atoms with Crippen LogP contribution >= 0.6 is 11.3 Å². The number of nitrogens with zero attached hydrogens (tertiary/aromatic N) is 4. The Morgan fingerprint density at radius 2 is 1.69 bits per heavy atom. The molecule has 0 spiro atoms. The minimum Gasteiger partial charge on any atom is -0.265 e. The minimum absolute atomic E-state index is 0. The van der Waals surface area contributed by atoms with Gasteiger partial charge in [0.05, 0.1) is 17.0 Å². The molecule has 5 rings (SSSR count). The first-order chi connectivity index (χ1) is 13.7. The predicted octanol–water partition coefficient (Wildman–Crippen LogP) is 5.63. The predicted molar refractivity (Wildman–Crippen MR) is 114 cm³/mol. The van der Waals surface area contributed by atoms with E-state index in [1.807, 2.05) is 28.4 Å². The summed E-state index contributed by atoms with van der Waals surface area (Å²) in [6.07, 6.45) is 1.60. The van der Waals surface area contributed by atoms with Crippen LogP contribution < -0.4 is 0 Å². The van der Waals surface area contributed by atoms with Crippen molar-refractivity contribution in [1.82, 2.24) is 19.7 Å². The first-order valence-electron chi connectivity index (χ1n) is 9.03. The zero-order chi connectivity index (χ0) is 19.1. The van der Waals surface area contributed by atoms with Gasteiger partial charge in [0.1, 0.15) is 6.33 Å². The molecule has 2 heterocycles. The SMILES string of the molecule is Cc1cc(-c2ccccc2)cc(C)c1-n1ncnc1-c1[c-]cc2scnc2c1.[Ir]. The molecule has 0 aliphatic carbocycles. The molecule has 0 saturated carbocycles. The van der Waals surface area contributed by atoms with Crippen molar-refractivity contribution in [3.8, 4) is 28.2 Å². The van der Waals surface area contributed by atoms with Gasteiger partial charge in [-0.3, -0.25) is 14.6 Å². The second-order valence-corrected chi connectivity index (χ2v) is 7.66. The van der Waals surface area contributed by atoms with Gasteiger partial charge in [0.2, 0.25) is 0 Å². The zero-order valence-corrected chi connectivity index (χ0v) is 19.1. The van der Waals surface area contributed by atoms with Crippen LogP contribution in [0.5, 0.6) is 0 Å². The van der Waals surface area contributed by atoms with Crippen molar-refractivity contribution < 1.29 is 20.1 Å². The molecule has 0 unspecified atom stereocenters. The smallest absolute Gasteiger partial charge is 0.127 e. The maximum Gasteiger partial charge on any atom is 0.127 e. The summed E-state index contributed by atoms with van der Waals surface area (Å²) < 4.78 is 3.03. The van der Waals surface area contributed by atoms with E-state index in [0.29, 0.717) is 0 Å². The number of benzene rings is 3. The first kappa shape index (κ1) is 19.6. The molecule has 5 aromatic rings. The Bertz CT molecular complexity index is 1270. The first-order valence-corrected chi connectivity index (χ1v) is 9.91. The van der Waals surface area contributed by atoms with Crippen molar-refractivity contribution in [2.75, 3.05) is 0 Å². The molecule has 0 atom stereocenters. The van der Waals surface area contributed by atoms with Crippen LogP contribution in [0.25, 0.3) is 38.4 Å². The molecule has 0 aliphatic heterocycles. The van der Waals surface area contributed by atoms with E-state index in [1.54, 1.807) is 17.7 Å². The van der Waals surface area contributed by atoms with Gasteiger partial charge in [-0.1, -0.05) is 30.3 Å². The van der Waals surface area contributed by atoms with Gasteiger partial charge in [0.25, 0.3) is 0 Å². The van der Waals surface area contributed by atoms with Crippen molar-refractivity contribution in [2.24, 2.45) is 0 Å². The van der Waals surface area contributed by atoms with Gasteiger partial charge in [-0.05, 0) is 58.5 Å². The Morgan fingerprint density at radius 3 is 2.45 bits per heavy atom. The number of fused-ring (bicyclic) bond motifs is 1. The van der Waals surface area contributed by atoms with E-state index >= 15 is 0 Å². The van der Waals surface area contributed by atoms with Crippen LogP contribution in [0.2, 0.25) is 0 Å². The Morgan fingerprint density at radius 1 is 0.931 bits per heavy atom. The second kappa shape index (κ2) is 7.99. The Labute approximate surface area is 186 Å². The average molecular weight is 574 g/mol. The summed E-state index contributed by atoms with van der Waals surface area (Å²) in [5.74, 6) is 0.772. The van der Waals surface area contributed by atoms with Crippen molar-refractivity contribution in [2.45, 2.75) is 13.8 Å². The van der Waals surface area contributed by atoms with Crippen LogP contribution in [0.1, 0.15) is 11.1 Å². The van der Waals surface area contributed by atoms with E-state index < -0.39 is 0 Å². The number of aromatic nitrogens is 4. The number of thiazole rings is 1. The molecule has 0 saturated heterocycles. The molecule has 0 N–H and O–H groups in total. The van der Waals surface area contributed by atoms with Crippen LogP contribution in [0.15, 0.2) is 66.4 Å². The molecule has 0 aliphatic rings.